The van der Waals surface area contributed by atoms with Gasteiger partial charge in [-0.3, -0.25) is 0 Å². The highest BCUT2D eigenvalue weighted by Crippen LogP contribution is 2.58. The molecule has 0 aliphatic heterocycles. The van der Waals surface area contributed by atoms with E-state index in [1.165, 1.54) is 6.42 Å². The molecule has 0 saturated heterocycles. The van der Waals surface area contributed by atoms with Crippen molar-refractivity contribution in [3.8, 4) is 0 Å². The minimum atomic E-state index is -0.625. The largest absolute Gasteiger partial charge is 0.334 e. The van der Waals surface area contributed by atoms with E-state index in [4.69, 9.17) is 9.05 Å². The van der Waals surface area contributed by atoms with Crippen LogP contribution in [0.3, 0.4) is 0 Å². The van der Waals surface area contributed by atoms with E-state index in [-0.39, 0.29) is 0 Å². The monoisotopic (exact) mass is 188 g/mol. The van der Waals surface area contributed by atoms with E-state index in [1.54, 1.807) is 0 Å². The van der Waals surface area contributed by atoms with Crippen molar-refractivity contribution < 1.29 is 9.05 Å². The van der Waals surface area contributed by atoms with E-state index < -0.39 is 8.38 Å². The Balaban J connectivity index is 2.28. The quantitative estimate of drug-likeness (QED) is 0.471. The molecule has 0 radical (unpaired) electrons. The molecule has 0 aromatic carbocycles. The Morgan fingerprint density at radius 2 is 2.00 bits per heavy atom. The van der Waals surface area contributed by atoms with Crippen LogP contribution in [-0.4, -0.2) is 18.9 Å². The van der Waals surface area contributed by atoms with Crippen LogP contribution in [0.15, 0.2) is 12.7 Å². The lowest BCUT2D eigenvalue weighted by Crippen LogP contribution is -1.96. The van der Waals surface area contributed by atoms with Crippen molar-refractivity contribution >= 4 is 8.38 Å². The molecule has 0 amide bonds. The molecule has 1 fully saturated rings. The molecule has 2 atom stereocenters. The zero-order valence-corrected chi connectivity index (χ0v) is 8.72. The highest BCUT2D eigenvalue weighted by atomic mass is 31.2. The van der Waals surface area contributed by atoms with E-state index in [0.717, 1.165) is 13.2 Å². The predicted molar refractivity (Wildman–Crippen MR) is 52.3 cm³/mol. The van der Waals surface area contributed by atoms with Gasteiger partial charge in [0, 0.05) is 5.66 Å². The Morgan fingerprint density at radius 3 is 2.33 bits per heavy atom. The summed E-state index contributed by atoms with van der Waals surface area (Å²) in [5.74, 6) is 0.647. The number of allylic oxidation sites excluding steroid dienone is 1. The summed E-state index contributed by atoms with van der Waals surface area (Å²) >= 11 is 0. The average Bonchev–Trinajstić information content (AvgIpc) is 2.83. The first kappa shape index (κ1) is 10.2. The highest BCUT2D eigenvalue weighted by molar-refractivity contribution is 7.48. The second-order valence-corrected chi connectivity index (χ2v) is 4.57. The molecular formula is C9H17O2P. The third-order valence-electron chi connectivity index (χ3n) is 1.89. The Bertz CT molecular complexity index is 143. The molecule has 1 rings (SSSR count). The van der Waals surface area contributed by atoms with Crippen LogP contribution in [0.5, 0.6) is 0 Å². The molecule has 0 aromatic rings. The van der Waals surface area contributed by atoms with Gasteiger partial charge < -0.3 is 9.05 Å². The molecule has 1 aliphatic rings. The van der Waals surface area contributed by atoms with Crippen LogP contribution >= 0.6 is 8.38 Å². The van der Waals surface area contributed by atoms with Crippen LogP contribution in [0, 0.1) is 5.92 Å². The summed E-state index contributed by atoms with van der Waals surface area (Å²) in [4.78, 5) is 0. The number of rotatable bonds is 6. The summed E-state index contributed by atoms with van der Waals surface area (Å²) in [6.45, 7) is 9.31. The van der Waals surface area contributed by atoms with Crippen LogP contribution in [0.4, 0.5) is 0 Å². The maximum atomic E-state index is 5.53. The van der Waals surface area contributed by atoms with E-state index in [9.17, 15) is 0 Å². The third-order valence-corrected chi connectivity index (χ3v) is 4.05. The van der Waals surface area contributed by atoms with Crippen molar-refractivity contribution in [2.45, 2.75) is 25.9 Å². The Labute approximate surface area is 75.9 Å². The zero-order valence-electron chi connectivity index (χ0n) is 7.82. The molecule has 3 heteroatoms. The van der Waals surface area contributed by atoms with Gasteiger partial charge in [-0.05, 0) is 26.2 Å². The molecule has 0 heterocycles. The molecule has 0 N–H and O–H groups in total. The van der Waals surface area contributed by atoms with Gasteiger partial charge >= 0.3 is 0 Å². The fourth-order valence-electron chi connectivity index (χ4n) is 1.18. The molecule has 70 valence electrons. The summed E-state index contributed by atoms with van der Waals surface area (Å²) in [6, 6.07) is 0. The van der Waals surface area contributed by atoms with Gasteiger partial charge in [-0.2, -0.15) is 0 Å². The van der Waals surface area contributed by atoms with Crippen molar-refractivity contribution in [1.82, 2.24) is 0 Å². The van der Waals surface area contributed by atoms with Gasteiger partial charge in [0.05, 0.1) is 13.2 Å². The SMILES string of the molecule is C=CC1CC1P(OCC)OCC. The van der Waals surface area contributed by atoms with Crippen LogP contribution in [0.2, 0.25) is 0 Å². The Kier molecular flexibility index (Phi) is 4.20. The molecule has 0 spiro atoms. The predicted octanol–water partition coefficient (Wildman–Crippen LogP) is 2.95. The molecule has 1 aliphatic carbocycles. The lowest BCUT2D eigenvalue weighted by Gasteiger charge is -2.14. The average molecular weight is 188 g/mol. The van der Waals surface area contributed by atoms with Crippen molar-refractivity contribution in [3.63, 3.8) is 0 Å². The fourth-order valence-corrected chi connectivity index (χ4v) is 3.00. The molecular weight excluding hydrogens is 171 g/mol. The van der Waals surface area contributed by atoms with Crippen LogP contribution in [0.1, 0.15) is 20.3 Å². The molecule has 2 unspecified atom stereocenters. The Hall–Kier alpha value is 0.0900. The maximum absolute atomic E-state index is 5.53. The van der Waals surface area contributed by atoms with E-state index in [1.807, 2.05) is 19.9 Å². The number of hydrogen-bond donors (Lipinski definition) is 0. The standard InChI is InChI=1S/C9H17O2P/c1-4-8-7-9(8)12(10-5-2)11-6-3/h4,8-9H,1,5-7H2,2-3H3. The molecule has 0 bridgehead atoms. The summed E-state index contributed by atoms with van der Waals surface area (Å²) in [6.07, 6.45) is 3.22. The van der Waals surface area contributed by atoms with Gasteiger partial charge in [0.25, 0.3) is 0 Å². The van der Waals surface area contributed by atoms with E-state index >= 15 is 0 Å². The van der Waals surface area contributed by atoms with Crippen LogP contribution in [-0.2, 0) is 9.05 Å². The molecule has 0 aromatic heterocycles. The second kappa shape index (κ2) is 4.96. The summed E-state index contributed by atoms with van der Waals surface area (Å²) < 4.78 is 11.1. The Morgan fingerprint density at radius 1 is 1.42 bits per heavy atom. The first-order valence-electron chi connectivity index (χ1n) is 4.51. The van der Waals surface area contributed by atoms with Crippen LogP contribution < -0.4 is 0 Å². The van der Waals surface area contributed by atoms with Crippen LogP contribution in [0.25, 0.3) is 0 Å². The van der Waals surface area contributed by atoms with Gasteiger partial charge in [-0.25, -0.2) is 0 Å². The summed E-state index contributed by atoms with van der Waals surface area (Å²) in [5, 5.41) is 0. The first-order chi connectivity index (χ1) is 5.83. The van der Waals surface area contributed by atoms with Crippen molar-refractivity contribution in [2.24, 2.45) is 5.92 Å². The minimum Gasteiger partial charge on any atom is -0.334 e. The van der Waals surface area contributed by atoms with Crippen molar-refractivity contribution in [2.75, 3.05) is 13.2 Å². The number of hydrogen-bond acceptors (Lipinski definition) is 2. The zero-order chi connectivity index (χ0) is 8.97. The summed E-state index contributed by atoms with van der Waals surface area (Å²) in [7, 11) is -0.625. The summed E-state index contributed by atoms with van der Waals surface area (Å²) in [5.41, 5.74) is 0.623. The second-order valence-electron chi connectivity index (χ2n) is 2.82. The minimum absolute atomic E-state index is 0.623. The fraction of sp³-hybridized carbons (Fsp3) is 0.778. The van der Waals surface area contributed by atoms with Crippen molar-refractivity contribution in [3.05, 3.63) is 12.7 Å². The van der Waals surface area contributed by atoms with Crippen molar-refractivity contribution in [1.29, 1.82) is 0 Å². The van der Waals surface area contributed by atoms with Gasteiger partial charge in [0.15, 0.2) is 8.38 Å². The topological polar surface area (TPSA) is 18.5 Å². The van der Waals surface area contributed by atoms with Gasteiger partial charge in [-0.15, -0.1) is 6.58 Å². The normalized spacial score (nSPS) is 27.6. The lowest BCUT2D eigenvalue weighted by molar-refractivity contribution is 0.268. The molecule has 2 nitrogen and oxygen atoms in total. The molecule has 1 saturated carbocycles. The smallest absolute Gasteiger partial charge is 0.174 e. The first-order valence-corrected chi connectivity index (χ1v) is 5.75. The van der Waals surface area contributed by atoms with Gasteiger partial charge in [-0.1, -0.05) is 6.08 Å². The third kappa shape index (κ3) is 2.55. The molecule has 12 heavy (non-hydrogen) atoms. The van der Waals surface area contributed by atoms with Gasteiger partial charge in [0.2, 0.25) is 0 Å². The highest BCUT2D eigenvalue weighted by Gasteiger charge is 2.43. The van der Waals surface area contributed by atoms with E-state index in [0.29, 0.717) is 11.6 Å². The maximum Gasteiger partial charge on any atom is 0.174 e. The van der Waals surface area contributed by atoms with E-state index in [2.05, 4.69) is 6.58 Å². The van der Waals surface area contributed by atoms with Gasteiger partial charge in [0.1, 0.15) is 0 Å². The lowest BCUT2D eigenvalue weighted by atomic mass is 10.4.